The Balaban J connectivity index is 1.75. The van der Waals surface area contributed by atoms with Crippen molar-refractivity contribution in [2.75, 3.05) is 19.8 Å². The van der Waals surface area contributed by atoms with Gasteiger partial charge in [0.1, 0.15) is 6.61 Å². The Kier molecular flexibility index (Phi) is 7.68. The molecule has 0 radical (unpaired) electrons. The summed E-state index contributed by atoms with van der Waals surface area (Å²) in [5.74, 6) is -0.868. The summed E-state index contributed by atoms with van der Waals surface area (Å²) in [5, 5.41) is 25.3. The van der Waals surface area contributed by atoms with Crippen molar-refractivity contribution in [3.05, 3.63) is 0 Å². The van der Waals surface area contributed by atoms with Crippen molar-refractivity contribution < 1.29 is 34.2 Å². The second kappa shape index (κ2) is 10.2. The molecule has 0 spiro atoms. The molecule has 170 valence electrons. The Bertz CT molecular complexity index is 774. The molecule has 1 saturated heterocycles. The Hall–Kier alpha value is -2.44. The summed E-state index contributed by atoms with van der Waals surface area (Å²) in [7, 11) is 0. The minimum absolute atomic E-state index is 0.0429. The zero-order chi connectivity index (χ0) is 22.5. The number of imide groups is 1. The van der Waals surface area contributed by atoms with Gasteiger partial charge in [-0.15, -0.1) is 12.3 Å². The molecule has 1 heterocycles. The van der Waals surface area contributed by atoms with E-state index in [1.54, 1.807) is 6.92 Å². The highest BCUT2D eigenvalue weighted by atomic mass is 16.6. The van der Waals surface area contributed by atoms with Crippen LogP contribution in [0.3, 0.4) is 0 Å². The lowest BCUT2D eigenvalue weighted by molar-refractivity contribution is -0.145. The van der Waals surface area contributed by atoms with E-state index in [0.29, 0.717) is 38.0 Å². The molecule has 0 aromatic rings. The second-order valence-corrected chi connectivity index (χ2v) is 8.26. The van der Waals surface area contributed by atoms with Crippen LogP contribution in [0.4, 0.5) is 0 Å². The fourth-order valence-electron chi connectivity index (χ4n) is 5.06. The molecule has 31 heavy (non-hydrogen) atoms. The largest absolute Gasteiger partial charge is 0.466 e. The third kappa shape index (κ3) is 4.75. The lowest BCUT2D eigenvalue weighted by atomic mass is 9.60. The summed E-state index contributed by atoms with van der Waals surface area (Å²) in [4.78, 5) is 44.2. The number of fused-ring (bicyclic) bond motifs is 3. The fraction of sp³-hybridized carbons (Fsp3) is 0.727. The van der Waals surface area contributed by atoms with E-state index in [0.717, 1.165) is 4.90 Å². The Morgan fingerprint density at radius 1 is 1.26 bits per heavy atom. The van der Waals surface area contributed by atoms with E-state index < -0.39 is 41.8 Å². The van der Waals surface area contributed by atoms with Crippen LogP contribution in [0.15, 0.2) is 5.16 Å². The molecule has 0 unspecified atom stereocenters. The van der Waals surface area contributed by atoms with Gasteiger partial charge in [0, 0.05) is 31.2 Å². The molecule has 2 saturated carbocycles. The van der Waals surface area contributed by atoms with Gasteiger partial charge >= 0.3 is 5.97 Å². The standard InChI is InChI=1S/C22H30N2O7/c1-3-5-6-11-31-23-15-12-16(25)20(27)18-13(15)7-8-14-19(18)22(29)24(21(14)28)10-9-17(26)30-4-2/h1,13-14,16,18-20,25,27H,4-12H2,2H3/t13-,14-,16-,18+,19-,20-/m1/s1. The van der Waals surface area contributed by atoms with Gasteiger partial charge in [-0.2, -0.15) is 0 Å². The Morgan fingerprint density at radius 3 is 2.71 bits per heavy atom. The number of aliphatic hydroxyl groups is 2. The summed E-state index contributed by atoms with van der Waals surface area (Å²) in [6, 6.07) is 0. The molecule has 3 rings (SSSR count). The molecule has 2 N–H and O–H groups in total. The van der Waals surface area contributed by atoms with Crippen molar-refractivity contribution in [3.63, 3.8) is 0 Å². The van der Waals surface area contributed by atoms with Gasteiger partial charge in [0.25, 0.3) is 0 Å². The first-order valence-electron chi connectivity index (χ1n) is 10.9. The first-order valence-corrected chi connectivity index (χ1v) is 10.9. The third-order valence-corrected chi connectivity index (χ3v) is 6.45. The molecule has 6 atom stereocenters. The summed E-state index contributed by atoms with van der Waals surface area (Å²) in [5.41, 5.74) is 0.604. The number of carbonyl (C=O) groups is 3. The van der Waals surface area contributed by atoms with E-state index in [9.17, 15) is 24.6 Å². The number of carbonyl (C=O) groups excluding carboxylic acids is 3. The number of nitrogens with zero attached hydrogens (tertiary/aromatic N) is 2. The van der Waals surface area contributed by atoms with Gasteiger partial charge in [-0.25, -0.2) is 0 Å². The molecule has 3 aliphatic rings. The van der Waals surface area contributed by atoms with Crippen molar-refractivity contribution in [2.24, 2.45) is 28.8 Å². The zero-order valence-corrected chi connectivity index (χ0v) is 17.7. The smallest absolute Gasteiger partial charge is 0.307 e. The molecule has 2 amide bonds. The highest BCUT2D eigenvalue weighted by Gasteiger charge is 2.59. The van der Waals surface area contributed by atoms with Gasteiger partial charge in [0.2, 0.25) is 11.8 Å². The number of rotatable bonds is 8. The molecule has 9 heteroatoms. The summed E-state index contributed by atoms with van der Waals surface area (Å²) >= 11 is 0. The molecule has 3 fully saturated rings. The van der Waals surface area contributed by atoms with E-state index in [2.05, 4.69) is 11.1 Å². The fourth-order valence-corrected chi connectivity index (χ4v) is 5.06. The number of terminal acetylenes is 1. The molecule has 2 aliphatic carbocycles. The number of oxime groups is 1. The average molecular weight is 434 g/mol. The first-order chi connectivity index (χ1) is 14.9. The van der Waals surface area contributed by atoms with Crippen LogP contribution in [0, 0.1) is 36.0 Å². The van der Waals surface area contributed by atoms with E-state index >= 15 is 0 Å². The quantitative estimate of drug-likeness (QED) is 0.187. The number of aliphatic hydroxyl groups excluding tert-OH is 2. The van der Waals surface area contributed by atoms with E-state index in [4.69, 9.17) is 16.0 Å². The van der Waals surface area contributed by atoms with Gasteiger partial charge in [-0.3, -0.25) is 19.3 Å². The van der Waals surface area contributed by atoms with Gasteiger partial charge in [-0.1, -0.05) is 5.16 Å². The Labute approximate surface area is 181 Å². The van der Waals surface area contributed by atoms with Crippen molar-refractivity contribution in [1.82, 2.24) is 4.90 Å². The van der Waals surface area contributed by atoms with Gasteiger partial charge in [0.05, 0.1) is 42.8 Å². The number of esters is 1. The minimum atomic E-state index is -1.14. The molecule has 0 bridgehead atoms. The molecule has 1 aliphatic heterocycles. The molecular weight excluding hydrogens is 404 g/mol. The topological polar surface area (TPSA) is 126 Å². The van der Waals surface area contributed by atoms with Crippen LogP contribution in [0.1, 0.15) is 45.4 Å². The van der Waals surface area contributed by atoms with Crippen molar-refractivity contribution in [1.29, 1.82) is 0 Å². The molecular formula is C22H30N2O7. The summed E-state index contributed by atoms with van der Waals surface area (Å²) < 4.78 is 4.88. The van der Waals surface area contributed by atoms with Crippen LogP contribution in [-0.2, 0) is 24.0 Å². The monoisotopic (exact) mass is 434 g/mol. The van der Waals surface area contributed by atoms with Gasteiger partial charge < -0.3 is 19.8 Å². The van der Waals surface area contributed by atoms with Crippen LogP contribution in [0.25, 0.3) is 0 Å². The van der Waals surface area contributed by atoms with E-state index in [1.807, 2.05) is 0 Å². The number of unbranched alkanes of at least 4 members (excludes halogenated alkanes) is 1. The second-order valence-electron chi connectivity index (χ2n) is 8.26. The molecule has 0 aromatic heterocycles. The highest BCUT2D eigenvalue weighted by molar-refractivity contribution is 6.06. The molecule has 9 nitrogen and oxygen atoms in total. The minimum Gasteiger partial charge on any atom is -0.466 e. The highest BCUT2D eigenvalue weighted by Crippen LogP contribution is 2.49. The van der Waals surface area contributed by atoms with Crippen LogP contribution in [0.2, 0.25) is 0 Å². The first kappa shape index (κ1) is 23.2. The van der Waals surface area contributed by atoms with Gasteiger partial charge in [-0.05, 0) is 26.2 Å². The van der Waals surface area contributed by atoms with E-state index in [-0.39, 0.29) is 37.8 Å². The van der Waals surface area contributed by atoms with Crippen LogP contribution >= 0.6 is 0 Å². The predicted octanol–water partition coefficient (Wildman–Crippen LogP) is 0.479. The number of likely N-dealkylation sites (tertiary alicyclic amines) is 1. The maximum absolute atomic E-state index is 13.1. The maximum Gasteiger partial charge on any atom is 0.307 e. The summed E-state index contributed by atoms with van der Waals surface area (Å²) in [6.07, 6.45) is 5.34. The van der Waals surface area contributed by atoms with Gasteiger partial charge in [0.15, 0.2) is 0 Å². The van der Waals surface area contributed by atoms with Crippen molar-refractivity contribution >= 4 is 23.5 Å². The van der Waals surface area contributed by atoms with Crippen molar-refractivity contribution in [2.45, 2.75) is 57.7 Å². The lowest BCUT2D eigenvalue weighted by Gasteiger charge is -2.45. The number of amides is 2. The lowest BCUT2D eigenvalue weighted by Crippen LogP contribution is -2.54. The number of hydrogen-bond acceptors (Lipinski definition) is 8. The maximum atomic E-state index is 13.1. The summed E-state index contributed by atoms with van der Waals surface area (Å²) in [6.45, 7) is 2.22. The van der Waals surface area contributed by atoms with E-state index in [1.165, 1.54) is 0 Å². The predicted molar refractivity (Wildman–Crippen MR) is 109 cm³/mol. The SMILES string of the molecule is C#CCCCON=C1C[C@@H](O)[C@@H](O)[C@@H]2[C@@H]3C(=O)N(CCC(=O)OCC)C(=O)[C@@H]3CC[C@H]12. The molecule has 0 aromatic carbocycles. The normalized spacial score (nSPS) is 33.6. The number of ether oxygens (including phenoxy) is 1. The van der Waals surface area contributed by atoms with Crippen LogP contribution in [-0.4, -0.2) is 70.6 Å². The third-order valence-electron chi connectivity index (χ3n) is 6.45. The van der Waals surface area contributed by atoms with Crippen LogP contribution < -0.4 is 0 Å². The zero-order valence-electron chi connectivity index (χ0n) is 17.7. The Morgan fingerprint density at radius 2 is 2.00 bits per heavy atom. The van der Waals surface area contributed by atoms with Crippen LogP contribution in [0.5, 0.6) is 0 Å². The number of hydrogen-bond donors (Lipinski definition) is 2. The van der Waals surface area contributed by atoms with Crippen molar-refractivity contribution in [3.8, 4) is 12.3 Å². The average Bonchev–Trinajstić information content (AvgIpc) is 2.99.